The second-order valence-electron chi connectivity index (χ2n) is 4.60. The number of benzene rings is 1. The van der Waals surface area contributed by atoms with Crippen LogP contribution in [-0.2, 0) is 17.6 Å². The van der Waals surface area contributed by atoms with Gasteiger partial charge in [-0.25, -0.2) is 9.59 Å². The van der Waals surface area contributed by atoms with E-state index in [0.29, 0.717) is 35.4 Å². The first kappa shape index (κ1) is 15.6. The molecule has 7 heteroatoms. The van der Waals surface area contributed by atoms with Crippen LogP contribution in [0.1, 0.15) is 21.6 Å². The number of hydrogen-bond acceptors (Lipinski definition) is 5. The molecule has 22 heavy (non-hydrogen) atoms. The van der Waals surface area contributed by atoms with E-state index in [1.807, 2.05) is 0 Å². The number of carbonyl (C=O) groups is 1. The largest absolute Gasteiger partial charge is 0.496 e. The van der Waals surface area contributed by atoms with E-state index >= 15 is 0 Å². The summed E-state index contributed by atoms with van der Waals surface area (Å²) < 4.78 is 9.96. The van der Waals surface area contributed by atoms with Crippen LogP contribution in [0.5, 0.6) is 5.75 Å². The second-order valence-corrected chi connectivity index (χ2v) is 4.60. The fourth-order valence-electron chi connectivity index (χ4n) is 2.21. The third kappa shape index (κ3) is 3.43. The molecule has 2 rings (SSSR count). The Labute approximate surface area is 125 Å². The lowest BCUT2D eigenvalue weighted by Crippen LogP contribution is -2.23. The fraction of sp³-hybridized carbons (Fsp3) is 0.267. The number of nitrogens with one attached hydrogen (secondary N) is 2. The average Bonchev–Trinajstić information content (AvgIpc) is 2.50. The van der Waals surface area contributed by atoms with Crippen LogP contribution in [0.2, 0.25) is 0 Å². The van der Waals surface area contributed by atoms with Crippen molar-refractivity contribution in [2.75, 3.05) is 14.2 Å². The van der Waals surface area contributed by atoms with Crippen molar-refractivity contribution in [2.45, 2.75) is 12.8 Å². The monoisotopic (exact) mass is 304 g/mol. The zero-order valence-corrected chi connectivity index (χ0v) is 12.3. The Hall–Kier alpha value is -2.83. The molecule has 0 bridgehead atoms. The van der Waals surface area contributed by atoms with Gasteiger partial charge in [0.1, 0.15) is 11.3 Å². The third-order valence-electron chi connectivity index (χ3n) is 3.20. The number of carbonyl (C=O) groups excluding carboxylic acids is 1. The van der Waals surface area contributed by atoms with E-state index in [0.717, 1.165) is 0 Å². The van der Waals surface area contributed by atoms with Crippen LogP contribution >= 0.6 is 0 Å². The Kier molecular flexibility index (Phi) is 4.77. The number of aromatic amines is 2. The number of aryl methyl sites for hydroxylation is 2. The highest BCUT2D eigenvalue weighted by molar-refractivity contribution is 5.94. The minimum atomic E-state index is -0.554. The van der Waals surface area contributed by atoms with Crippen molar-refractivity contribution in [3.8, 4) is 5.75 Å². The first-order valence-electron chi connectivity index (χ1n) is 6.62. The zero-order chi connectivity index (χ0) is 16.1. The highest BCUT2D eigenvalue weighted by Crippen LogP contribution is 2.24. The number of aromatic nitrogens is 2. The summed E-state index contributed by atoms with van der Waals surface area (Å²) in [5.74, 6) is -0.0735. The van der Waals surface area contributed by atoms with Gasteiger partial charge in [-0.3, -0.25) is 9.78 Å². The molecular formula is C15H16N2O5. The van der Waals surface area contributed by atoms with Crippen molar-refractivity contribution in [2.24, 2.45) is 0 Å². The van der Waals surface area contributed by atoms with Gasteiger partial charge in [0.15, 0.2) is 0 Å². The Morgan fingerprint density at radius 1 is 1.14 bits per heavy atom. The van der Waals surface area contributed by atoms with Gasteiger partial charge >= 0.3 is 11.7 Å². The molecule has 1 aromatic heterocycles. The molecule has 0 aliphatic carbocycles. The SMILES string of the molecule is COC(=O)c1c(CCc2cc(=O)[nH]c(=O)[nH]2)cccc1OC. The zero-order valence-electron chi connectivity index (χ0n) is 12.3. The standard InChI is InChI=1S/C15H16N2O5/c1-21-11-5-3-4-9(13(11)14(19)22-2)6-7-10-8-12(18)17-15(20)16-10/h3-5,8H,6-7H2,1-2H3,(H2,16,17,18,20). The molecule has 1 heterocycles. The minimum Gasteiger partial charge on any atom is -0.496 e. The summed E-state index contributed by atoms with van der Waals surface area (Å²) in [4.78, 5) is 39.1. The van der Waals surface area contributed by atoms with E-state index in [2.05, 4.69) is 9.97 Å². The van der Waals surface area contributed by atoms with Crippen molar-refractivity contribution in [1.29, 1.82) is 0 Å². The minimum absolute atomic E-state index is 0.347. The molecule has 116 valence electrons. The van der Waals surface area contributed by atoms with Gasteiger partial charge in [-0.05, 0) is 24.5 Å². The van der Waals surface area contributed by atoms with Gasteiger partial charge in [-0.15, -0.1) is 0 Å². The Bertz CT molecular complexity index is 763. The van der Waals surface area contributed by atoms with Crippen LogP contribution in [0.3, 0.4) is 0 Å². The molecule has 2 N–H and O–H groups in total. The molecule has 1 aromatic carbocycles. The number of rotatable bonds is 5. The molecule has 0 unspecified atom stereocenters. The van der Waals surface area contributed by atoms with Crippen LogP contribution in [0.15, 0.2) is 33.9 Å². The second kappa shape index (κ2) is 6.75. The van der Waals surface area contributed by atoms with Crippen molar-refractivity contribution in [3.05, 3.63) is 61.9 Å². The highest BCUT2D eigenvalue weighted by atomic mass is 16.5. The molecule has 0 saturated heterocycles. The average molecular weight is 304 g/mol. The third-order valence-corrected chi connectivity index (χ3v) is 3.20. The van der Waals surface area contributed by atoms with Gasteiger partial charge in [-0.2, -0.15) is 0 Å². The molecule has 0 saturated carbocycles. The van der Waals surface area contributed by atoms with Crippen molar-refractivity contribution in [1.82, 2.24) is 9.97 Å². The molecule has 0 radical (unpaired) electrons. The maximum atomic E-state index is 11.9. The van der Waals surface area contributed by atoms with E-state index in [9.17, 15) is 14.4 Å². The number of ether oxygens (including phenoxy) is 2. The first-order valence-corrected chi connectivity index (χ1v) is 6.62. The predicted octanol–water partition coefficient (Wildman–Crippen LogP) is 0.644. The Morgan fingerprint density at radius 3 is 2.55 bits per heavy atom. The van der Waals surface area contributed by atoms with Gasteiger partial charge in [-0.1, -0.05) is 12.1 Å². The maximum Gasteiger partial charge on any atom is 0.341 e. The molecule has 0 aliphatic heterocycles. The Balaban J connectivity index is 2.31. The van der Waals surface area contributed by atoms with Crippen molar-refractivity contribution >= 4 is 5.97 Å². The molecule has 0 fully saturated rings. The highest BCUT2D eigenvalue weighted by Gasteiger charge is 2.17. The number of methoxy groups -OCH3 is 2. The summed E-state index contributed by atoms with van der Waals surface area (Å²) in [6.45, 7) is 0. The summed E-state index contributed by atoms with van der Waals surface area (Å²) in [6, 6.07) is 6.53. The van der Waals surface area contributed by atoms with Gasteiger partial charge in [0.25, 0.3) is 5.56 Å². The summed E-state index contributed by atoms with van der Waals surface area (Å²) in [7, 11) is 2.77. The first-order chi connectivity index (χ1) is 10.5. The van der Waals surface area contributed by atoms with Crippen molar-refractivity contribution in [3.63, 3.8) is 0 Å². The summed E-state index contributed by atoms with van der Waals surface area (Å²) >= 11 is 0. The van der Waals surface area contributed by atoms with Crippen molar-refractivity contribution < 1.29 is 14.3 Å². The maximum absolute atomic E-state index is 11.9. The van der Waals surface area contributed by atoms with Gasteiger partial charge in [0.2, 0.25) is 0 Å². The van der Waals surface area contributed by atoms with E-state index in [1.54, 1.807) is 18.2 Å². The molecule has 7 nitrogen and oxygen atoms in total. The lowest BCUT2D eigenvalue weighted by molar-refractivity contribution is 0.0595. The van der Waals surface area contributed by atoms with Gasteiger partial charge < -0.3 is 14.5 Å². The van der Waals surface area contributed by atoms with E-state index in [-0.39, 0.29) is 0 Å². The summed E-state index contributed by atoms with van der Waals surface area (Å²) in [5.41, 5.74) is 0.540. The quantitative estimate of drug-likeness (QED) is 0.790. The van der Waals surface area contributed by atoms with Crippen LogP contribution < -0.4 is 16.0 Å². The summed E-state index contributed by atoms with van der Waals surface area (Å²) in [6.07, 6.45) is 0.845. The fourth-order valence-corrected chi connectivity index (χ4v) is 2.21. The topological polar surface area (TPSA) is 101 Å². The van der Waals surface area contributed by atoms with Crippen LogP contribution in [0, 0.1) is 0 Å². The molecule has 0 aliphatic rings. The summed E-state index contributed by atoms with van der Waals surface area (Å²) in [5, 5.41) is 0. The molecule has 0 amide bonds. The number of H-pyrrole nitrogens is 2. The lowest BCUT2D eigenvalue weighted by atomic mass is 10.0. The smallest absolute Gasteiger partial charge is 0.341 e. The molecule has 2 aromatic rings. The predicted molar refractivity (Wildman–Crippen MR) is 79.4 cm³/mol. The molecule has 0 atom stereocenters. The van der Waals surface area contributed by atoms with Gasteiger partial charge in [0.05, 0.1) is 14.2 Å². The normalized spacial score (nSPS) is 10.3. The number of hydrogen-bond donors (Lipinski definition) is 2. The molecular weight excluding hydrogens is 288 g/mol. The van der Waals surface area contributed by atoms with E-state index in [1.165, 1.54) is 20.3 Å². The number of esters is 1. The molecule has 0 spiro atoms. The van der Waals surface area contributed by atoms with Gasteiger partial charge in [0, 0.05) is 11.8 Å². The van der Waals surface area contributed by atoms with Crippen LogP contribution in [-0.4, -0.2) is 30.2 Å². The van der Waals surface area contributed by atoms with E-state index in [4.69, 9.17) is 9.47 Å². The lowest BCUT2D eigenvalue weighted by Gasteiger charge is -2.12. The Morgan fingerprint density at radius 2 is 1.91 bits per heavy atom. The van der Waals surface area contributed by atoms with Crippen LogP contribution in [0.25, 0.3) is 0 Å². The van der Waals surface area contributed by atoms with E-state index < -0.39 is 17.2 Å². The van der Waals surface area contributed by atoms with Crippen LogP contribution in [0.4, 0.5) is 0 Å².